The van der Waals surface area contributed by atoms with E-state index in [1.165, 1.54) is 41.8 Å². The van der Waals surface area contributed by atoms with Crippen LogP contribution >= 0.6 is 11.8 Å². The third-order valence-corrected chi connectivity index (χ3v) is 4.80. The SMILES string of the molecule is CC(OC(=O)c1ccccc1SCC(=O)N(C)C)C(=O)Nc1ccccc1F. The molecule has 0 spiro atoms. The molecule has 0 bridgehead atoms. The van der Waals surface area contributed by atoms with Crippen LogP contribution in [0.2, 0.25) is 0 Å². The first-order valence-corrected chi connectivity index (χ1v) is 9.46. The molecule has 1 atom stereocenters. The van der Waals surface area contributed by atoms with Crippen LogP contribution in [0.5, 0.6) is 0 Å². The number of carbonyl (C=O) groups is 3. The predicted molar refractivity (Wildman–Crippen MR) is 106 cm³/mol. The van der Waals surface area contributed by atoms with Crippen molar-refractivity contribution in [3.63, 3.8) is 0 Å². The van der Waals surface area contributed by atoms with Crippen molar-refractivity contribution in [1.29, 1.82) is 0 Å². The minimum absolute atomic E-state index is 0.00792. The molecule has 148 valence electrons. The zero-order chi connectivity index (χ0) is 20.7. The van der Waals surface area contributed by atoms with Gasteiger partial charge in [-0.25, -0.2) is 9.18 Å². The Balaban J connectivity index is 2.03. The standard InChI is InChI=1S/C20H21FN2O4S/c1-13(19(25)22-16-10-6-5-9-15(16)21)27-20(26)14-8-4-7-11-17(14)28-12-18(24)23(2)3/h4-11,13H,12H2,1-3H3,(H,22,25). The number of para-hydroxylation sites is 1. The maximum Gasteiger partial charge on any atom is 0.340 e. The van der Waals surface area contributed by atoms with Crippen molar-refractivity contribution >= 4 is 35.2 Å². The van der Waals surface area contributed by atoms with E-state index in [-0.39, 0.29) is 22.9 Å². The Labute approximate surface area is 167 Å². The van der Waals surface area contributed by atoms with E-state index in [1.54, 1.807) is 44.4 Å². The molecule has 0 saturated carbocycles. The molecule has 6 nitrogen and oxygen atoms in total. The Morgan fingerprint density at radius 3 is 2.43 bits per heavy atom. The second-order valence-electron chi connectivity index (χ2n) is 6.09. The summed E-state index contributed by atoms with van der Waals surface area (Å²) in [6.07, 6.45) is -1.13. The second-order valence-corrected chi connectivity index (χ2v) is 7.11. The number of amides is 2. The van der Waals surface area contributed by atoms with Gasteiger partial charge in [-0.15, -0.1) is 11.8 Å². The molecule has 28 heavy (non-hydrogen) atoms. The zero-order valence-electron chi connectivity index (χ0n) is 15.8. The number of benzene rings is 2. The van der Waals surface area contributed by atoms with Crippen LogP contribution in [-0.4, -0.2) is 48.6 Å². The van der Waals surface area contributed by atoms with E-state index in [9.17, 15) is 18.8 Å². The molecule has 0 aliphatic carbocycles. The maximum absolute atomic E-state index is 13.6. The number of ether oxygens (including phenoxy) is 1. The van der Waals surface area contributed by atoms with E-state index >= 15 is 0 Å². The molecular weight excluding hydrogens is 383 g/mol. The van der Waals surface area contributed by atoms with Crippen LogP contribution in [0.4, 0.5) is 10.1 Å². The summed E-state index contributed by atoms with van der Waals surface area (Å²) in [5, 5.41) is 2.39. The topological polar surface area (TPSA) is 75.7 Å². The summed E-state index contributed by atoms with van der Waals surface area (Å²) in [6, 6.07) is 12.4. The summed E-state index contributed by atoms with van der Waals surface area (Å²) in [5.74, 6) is -1.85. The van der Waals surface area contributed by atoms with E-state index in [4.69, 9.17) is 4.74 Å². The van der Waals surface area contributed by atoms with E-state index in [0.717, 1.165) is 0 Å². The summed E-state index contributed by atoms with van der Waals surface area (Å²) in [7, 11) is 3.30. The molecule has 0 radical (unpaired) electrons. The minimum atomic E-state index is -1.13. The van der Waals surface area contributed by atoms with Crippen molar-refractivity contribution < 1.29 is 23.5 Å². The molecule has 2 aromatic rings. The molecule has 2 rings (SSSR count). The number of nitrogens with one attached hydrogen (secondary N) is 1. The van der Waals surface area contributed by atoms with Crippen LogP contribution in [0.15, 0.2) is 53.4 Å². The number of thioether (sulfide) groups is 1. The summed E-state index contributed by atoms with van der Waals surface area (Å²) < 4.78 is 18.9. The molecule has 0 saturated heterocycles. The van der Waals surface area contributed by atoms with Crippen molar-refractivity contribution in [3.05, 3.63) is 59.9 Å². The molecule has 0 fully saturated rings. The molecule has 0 heterocycles. The van der Waals surface area contributed by atoms with E-state index in [1.807, 2.05) is 0 Å². The first-order chi connectivity index (χ1) is 13.3. The van der Waals surface area contributed by atoms with Crippen LogP contribution < -0.4 is 5.32 Å². The number of nitrogens with zero attached hydrogens (tertiary/aromatic N) is 1. The lowest BCUT2D eigenvalue weighted by atomic mass is 10.2. The van der Waals surface area contributed by atoms with Gasteiger partial charge in [-0.2, -0.15) is 0 Å². The molecule has 0 aliphatic rings. The highest BCUT2D eigenvalue weighted by Crippen LogP contribution is 2.24. The quantitative estimate of drug-likeness (QED) is 0.567. The second kappa shape index (κ2) is 9.89. The lowest BCUT2D eigenvalue weighted by Crippen LogP contribution is -2.30. The molecule has 2 amide bonds. The Morgan fingerprint density at radius 1 is 1.11 bits per heavy atom. The number of rotatable bonds is 7. The lowest BCUT2D eigenvalue weighted by Gasteiger charge is -2.15. The number of hydrogen-bond donors (Lipinski definition) is 1. The molecule has 2 aromatic carbocycles. The van der Waals surface area contributed by atoms with Gasteiger partial charge in [-0.1, -0.05) is 24.3 Å². The van der Waals surface area contributed by atoms with Crippen LogP contribution in [0.3, 0.4) is 0 Å². The van der Waals surface area contributed by atoms with E-state index in [2.05, 4.69) is 5.32 Å². The molecule has 1 unspecified atom stereocenters. The Bertz CT molecular complexity index is 873. The maximum atomic E-state index is 13.6. The van der Waals surface area contributed by atoms with Gasteiger partial charge in [0.05, 0.1) is 17.0 Å². The summed E-state index contributed by atoms with van der Waals surface area (Å²) >= 11 is 1.21. The van der Waals surface area contributed by atoms with Crippen molar-refractivity contribution in [1.82, 2.24) is 4.90 Å². The first-order valence-electron chi connectivity index (χ1n) is 8.48. The first kappa shape index (κ1) is 21.4. The van der Waals surface area contributed by atoms with Crippen molar-refractivity contribution in [2.75, 3.05) is 25.2 Å². The third-order valence-electron chi connectivity index (χ3n) is 3.74. The number of esters is 1. The molecule has 0 aromatic heterocycles. The largest absolute Gasteiger partial charge is 0.449 e. The van der Waals surface area contributed by atoms with Gasteiger partial charge in [0.25, 0.3) is 5.91 Å². The van der Waals surface area contributed by atoms with Gasteiger partial charge in [0, 0.05) is 19.0 Å². The highest BCUT2D eigenvalue weighted by molar-refractivity contribution is 8.00. The fourth-order valence-corrected chi connectivity index (χ4v) is 3.12. The highest BCUT2D eigenvalue weighted by Gasteiger charge is 2.22. The third kappa shape index (κ3) is 5.82. The summed E-state index contributed by atoms with van der Waals surface area (Å²) in [4.78, 5) is 38.5. The zero-order valence-corrected chi connectivity index (χ0v) is 16.6. The van der Waals surface area contributed by atoms with Gasteiger partial charge in [0.15, 0.2) is 6.10 Å². The van der Waals surface area contributed by atoms with Crippen molar-refractivity contribution in [2.24, 2.45) is 0 Å². The summed E-state index contributed by atoms with van der Waals surface area (Å²) in [5.41, 5.74) is 0.262. The van der Waals surface area contributed by atoms with Crippen molar-refractivity contribution in [3.8, 4) is 0 Å². The van der Waals surface area contributed by atoms with Gasteiger partial charge in [-0.05, 0) is 31.2 Å². The number of carbonyl (C=O) groups excluding carboxylic acids is 3. The molecule has 1 N–H and O–H groups in total. The average Bonchev–Trinajstić information content (AvgIpc) is 2.67. The predicted octanol–water partition coefficient (Wildman–Crippen LogP) is 3.19. The smallest absolute Gasteiger partial charge is 0.340 e. The van der Waals surface area contributed by atoms with Crippen LogP contribution in [-0.2, 0) is 14.3 Å². The fourth-order valence-electron chi connectivity index (χ4n) is 2.10. The van der Waals surface area contributed by atoms with E-state index < -0.39 is 23.8 Å². The van der Waals surface area contributed by atoms with Gasteiger partial charge in [0.2, 0.25) is 5.91 Å². The number of hydrogen-bond acceptors (Lipinski definition) is 5. The normalized spacial score (nSPS) is 11.4. The fraction of sp³-hybridized carbons (Fsp3) is 0.250. The van der Waals surface area contributed by atoms with Crippen LogP contribution in [0.1, 0.15) is 17.3 Å². The minimum Gasteiger partial charge on any atom is -0.449 e. The van der Waals surface area contributed by atoms with Gasteiger partial charge in [0.1, 0.15) is 5.82 Å². The average molecular weight is 404 g/mol. The Morgan fingerprint density at radius 2 is 1.75 bits per heavy atom. The number of anilines is 1. The molecular formula is C20H21FN2O4S. The van der Waals surface area contributed by atoms with Crippen LogP contribution in [0.25, 0.3) is 0 Å². The van der Waals surface area contributed by atoms with Gasteiger partial charge in [-0.3, -0.25) is 9.59 Å². The molecule has 0 aliphatic heterocycles. The lowest BCUT2D eigenvalue weighted by molar-refractivity contribution is -0.126. The Kier molecular flexibility index (Phi) is 7.57. The van der Waals surface area contributed by atoms with Gasteiger partial charge < -0.3 is 15.0 Å². The Hall–Kier alpha value is -2.87. The summed E-state index contributed by atoms with van der Waals surface area (Å²) in [6.45, 7) is 1.40. The molecule has 8 heteroatoms. The van der Waals surface area contributed by atoms with Crippen LogP contribution in [0, 0.1) is 5.82 Å². The van der Waals surface area contributed by atoms with E-state index in [0.29, 0.717) is 4.90 Å². The van der Waals surface area contributed by atoms with Crippen molar-refractivity contribution in [2.45, 2.75) is 17.9 Å². The van der Waals surface area contributed by atoms with Gasteiger partial charge >= 0.3 is 5.97 Å². The highest BCUT2D eigenvalue weighted by atomic mass is 32.2. The monoisotopic (exact) mass is 404 g/mol. The number of halogens is 1.